The summed E-state index contributed by atoms with van der Waals surface area (Å²) in [5, 5.41) is 7.82. The van der Waals surface area contributed by atoms with Gasteiger partial charge >= 0.3 is 0 Å². The number of carbonyl (C=O) groups is 1. The van der Waals surface area contributed by atoms with Crippen LogP contribution in [0.4, 0.5) is 0 Å². The van der Waals surface area contributed by atoms with Crippen LogP contribution in [0.1, 0.15) is 34.1 Å². The van der Waals surface area contributed by atoms with Crippen LogP contribution in [0.5, 0.6) is 5.75 Å². The van der Waals surface area contributed by atoms with Gasteiger partial charge in [0.25, 0.3) is 11.6 Å². The average molecular weight is 385 g/mol. The Hall–Kier alpha value is -3.67. The lowest BCUT2D eigenvalue weighted by Crippen LogP contribution is -2.32. The van der Waals surface area contributed by atoms with Crippen LogP contribution in [0.3, 0.4) is 0 Å². The molecule has 0 bridgehead atoms. The zero-order chi connectivity index (χ0) is 19.8. The summed E-state index contributed by atoms with van der Waals surface area (Å²) in [7, 11) is 0. The number of nitrogens with zero attached hydrogens (tertiary/aromatic N) is 2. The number of ether oxygens (including phenoxy) is 1. The Bertz CT molecular complexity index is 1200. The second-order valence-electron chi connectivity index (χ2n) is 7.07. The van der Waals surface area contributed by atoms with E-state index in [1.165, 1.54) is 0 Å². The van der Waals surface area contributed by atoms with Gasteiger partial charge in [0.1, 0.15) is 5.75 Å². The molecule has 4 aromatic rings. The number of nitrogens with one attached hydrogen (secondary N) is 1. The lowest BCUT2D eigenvalue weighted by molar-refractivity contribution is 0.0926. The van der Waals surface area contributed by atoms with E-state index in [0.29, 0.717) is 41.1 Å². The van der Waals surface area contributed by atoms with Crippen LogP contribution in [0.15, 0.2) is 65.2 Å². The van der Waals surface area contributed by atoms with Crippen LogP contribution in [0, 0.1) is 6.92 Å². The minimum absolute atomic E-state index is 0.115. The monoisotopic (exact) mass is 385 g/mol. The van der Waals surface area contributed by atoms with Gasteiger partial charge in [-0.2, -0.15) is 0 Å². The molecule has 29 heavy (non-hydrogen) atoms. The van der Waals surface area contributed by atoms with E-state index < -0.39 is 0 Å². The maximum atomic E-state index is 13.3. The van der Waals surface area contributed by atoms with Gasteiger partial charge in [0.05, 0.1) is 35.0 Å². The topological polar surface area (TPSA) is 77.2 Å². The lowest BCUT2D eigenvalue weighted by Gasteiger charge is -2.26. The average Bonchev–Trinajstić information content (AvgIpc) is 3.15. The molecule has 3 heterocycles. The Kier molecular flexibility index (Phi) is 4.24. The minimum atomic E-state index is -0.178. The quantitative estimate of drug-likeness (QED) is 0.564. The summed E-state index contributed by atoms with van der Waals surface area (Å²) in [4.78, 5) is 17.9. The Morgan fingerprint density at radius 1 is 1.10 bits per heavy atom. The molecule has 1 aliphatic rings. The number of carbonyl (C=O) groups excluding carboxylic acids is 1. The molecule has 0 spiro atoms. The molecule has 1 atom stereocenters. The zero-order valence-electron chi connectivity index (χ0n) is 15.9. The molecule has 0 fully saturated rings. The number of rotatable bonds is 3. The smallest absolute Gasteiger partial charge is 0.259 e. The predicted octanol–water partition coefficient (Wildman–Crippen LogP) is 4.45. The van der Waals surface area contributed by atoms with Crippen molar-refractivity contribution in [3.63, 3.8) is 0 Å². The number of hydrogen-bond acceptors (Lipinski definition) is 5. The van der Waals surface area contributed by atoms with E-state index in [0.717, 1.165) is 16.9 Å². The molecule has 1 amide bonds. The summed E-state index contributed by atoms with van der Waals surface area (Å²) in [5.74, 6) is 0.637. The normalized spacial score (nSPS) is 15.6. The van der Waals surface area contributed by atoms with Crippen LogP contribution in [-0.4, -0.2) is 22.7 Å². The van der Waals surface area contributed by atoms with Crippen molar-refractivity contribution in [2.24, 2.45) is 0 Å². The van der Waals surface area contributed by atoms with E-state index in [-0.39, 0.29) is 11.9 Å². The Morgan fingerprint density at radius 3 is 2.76 bits per heavy atom. The number of hydrogen-bond donors (Lipinski definition) is 1. The third-order valence-corrected chi connectivity index (χ3v) is 5.20. The van der Waals surface area contributed by atoms with Gasteiger partial charge in [0.15, 0.2) is 0 Å². The molecule has 1 aliphatic heterocycles. The van der Waals surface area contributed by atoms with Gasteiger partial charge in [0, 0.05) is 17.5 Å². The summed E-state index contributed by atoms with van der Waals surface area (Å²) < 4.78 is 11.1. The van der Waals surface area contributed by atoms with Crippen LogP contribution >= 0.6 is 0 Å². The van der Waals surface area contributed by atoms with Crippen molar-refractivity contribution in [2.75, 3.05) is 6.61 Å². The largest absolute Gasteiger partial charge is 0.493 e. The van der Waals surface area contributed by atoms with Gasteiger partial charge in [-0.1, -0.05) is 53.7 Å². The number of fused-ring (bicyclic) bond motifs is 2. The molecule has 0 saturated heterocycles. The fourth-order valence-electron chi connectivity index (χ4n) is 3.76. The second-order valence-corrected chi connectivity index (χ2v) is 7.07. The fraction of sp³-hybridized carbons (Fsp3) is 0.174. The number of aryl methyl sites for hydroxylation is 1. The van der Waals surface area contributed by atoms with Gasteiger partial charge in [-0.3, -0.25) is 4.79 Å². The van der Waals surface area contributed by atoms with Crippen molar-refractivity contribution in [1.82, 2.24) is 15.5 Å². The molecular formula is C23H19N3O3. The van der Waals surface area contributed by atoms with Gasteiger partial charge in [0.2, 0.25) is 0 Å². The van der Waals surface area contributed by atoms with E-state index in [4.69, 9.17) is 9.26 Å². The van der Waals surface area contributed by atoms with Crippen molar-refractivity contribution >= 4 is 17.0 Å². The summed E-state index contributed by atoms with van der Waals surface area (Å²) in [6.07, 6.45) is 0.713. The van der Waals surface area contributed by atoms with Crippen molar-refractivity contribution in [2.45, 2.75) is 19.4 Å². The van der Waals surface area contributed by atoms with Crippen molar-refractivity contribution < 1.29 is 14.1 Å². The second kappa shape index (κ2) is 7.05. The fourth-order valence-corrected chi connectivity index (χ4v) is 3.76. The highest BCUT2D eigenvalue weighted by Crippen LogP contribution is 2.33. The first-order chi connectivity index (χ1) is 14.2. The molecule has 0 aliphatic carbocycles. The van der Waals surface area contributed by atoms with Crippen molar-refractivity contribution in [3.8, 4) is 17.0 Å². The number of pyridine rings is 1. The Labute approximate surface area is 167 Å². The van der Waals surface area contributed by atoms with Crippen LogP contribution in [0.25, 0.3) is 22.4 Å². The molecule has 2 aromatic carbocycles. The maximum absolute atomic E-state index is 13.3. The molecule has 1 N–H and O–H groups in total. The molecule has 6 nitrogen and oxygen atoms in total. The number of para-hydroxylation sites is 1. The summed E-state index contributed by atoms with van der Waals surface area (Å²) >= 11 is 0. The summed E-state index contributed by atoms with van der Waals surface area (Å²) in [6.45, 7) is 2.38. The molecular weight excluding hydrogens is 366 g/mol. The highest BCUT2D eigenvalue weighted by Gasteiger charge is 2.25. The third-order valence-electron chi connectivity index (χ3n) is 5.20. The number of aromatic nitrogens is 2. The first-order valence-corrected chi connectivity index (χ1v) is 9.56. The summed E-state index contributed by atoms with van der Waals surface area (Å²) in [5.41, 5.74) is 4.09. The zero-order valence-corrected chi connectivity index (χ0v) is 15.9. The molecule has 2 aromatic heterocycles. The first-order valence-electron chi connectivity index (χ1n) is 9.56. The molecule has 144 valence electrons. The van der Waals surface area contributed by atoms with Crippen LogP contribution in [-0.2, 0) is 0 Å². The van der Waals surface area contributed by atoms with E-state index >= 15 is 0 Å². The summed E-state index contributed by atoms with van der Waals surface area (Å²) in [6, 6.07) is 19.2. The molecule has 5 rings (SSSR count). The molecule has 0 radical (unpaired) electrons. The highest BCUT2D eigenvalue weighted by molar-refractivity contribution is 6.07. The third kappa shape index (κ3) is 3.12. The minimum Gasteiger partial charge on any atom is -0.493 e. The van der Waals surface area contributed by atoms with Gasteiger partial charge in [-0.15, -0.1) is 0 Å². The van der Waals surface area contributed by atoms with Crippen molar-refractivity contribution in [3.05, 3.63) is 77.5 Å². The van der Waals surface area contributed by atoms with E-state index in [1.807, 2.05) is 67.6 Å². The SMILES string of the molecule is Cc1noc2nc(-c3ccccc3)cc(C(=O)NC3CCOc4ccccc43)c12. The number of benzene rings is 2. The van der Waals surface area contributed by atoms with Gasteiger partial charge < -0.3 is 14.6 Å². The van der Waals surface area contributed by atoms with E-state index in [1.54, 1.807) is 0 Å². The maximum Gasteiger partial charge on any atom is 0.259 e. The number of amides is 1. The van der Waals surface area contributed by atoms with Crippen molar-refractivity contribution in [1.29, 1.82) is 0 Å². The predicted molar refractivity (Wildman–Crippen MR) is 109 cm³/mol. The van der Waals surface area contributed by atoms with Crippen LogP contribution < -0.4 is 10.1 Å². The van der Waals surface area contributed by atoms with Gasteiger partial charge in [-0.05, 0) is 19.1 Å². The van der Waals surface area contributed by atoms with Crippen LogP contribution in [0.2, 0.25) is 0 Å². The lowest BCUT2D eigenvalue weighted by atomic mass is 9.99. The van der Waals surface area contributed by atoms with E-state index in [2.05, 4.69) is 15.5 Å². The molecule has 1 unspecified atom stereocenters. The Balaban J connectivity index is 1.56. The van der Waals surface area contributed by atoms with Gasteiger partial charge in [-0.25, -0.2) is 4.98 Å². The van der Waals surface area contributed by atoms with E-state index in [9.17, 15) is 4.79 Å². The molecule has 6 heteroatoms. The standard InChI is InChI=1S/C23H19N3O3/c1-14-21-17(13-19(25-23(21)29-26-14)15-7-3-2-4-8-15)22(27)24-18-11-12-28-20-10-6-5-9-16(18)20/h2-10,13,18H,11-12H2,1H3,(H,24,27). The Morgan fingerprint density at radius 2 is 1.90 bits per heavy atom. The highest BCUT2D eigenvalue weighted by atomic mass is 16.5. The molecule has 0 saturated carbocycles. The first kappa shape index (κ1) is 17.4.